The number of nitrogens with zero attached hydrogens (tertiary/aromatic N) is 2. The fourth-order valence-corrected chi connectivity index (χ4v) is 1.76. The van der Waals surface area contributed by atoms with E-state index in [1.165, 1.54) is 6.33 Å². The lowest BCUT2D eigenvalue weighted by atomic mass is 10.1. The summed E-state index contributed by atoms with van der Waals surface area (Å²) in [6.07, 6.45) is 2.96. The summed E-state index contributed by atoms with van der Waals surface area (Å²) < 4.78 is 5.08. The van der Waals surface area contributed by atoms with Crippen LogP contribution in [0.5, 0.6) is 5.75 Å². The number of nitrogen functional groups attached to an aromatic ring is 1. The molecule has 0 aliphatic carbocycles. The first-order valence-electron chi connectivity index (χ1n) is 6.26. The Balaban J connectivity index is 1.85. The third kappa shape index (κ3) is 3.47. The average Bonchev–Trinajstić information content (AvgIpc) is 2.97. The normalized spacial score (nSPS) is 10.2. The smallest absolute Gasteiger partial charge is 0.253 e. The van der Waals surface area contributed by atoms with Gasteiger partial charge in [-0.2, -0.15) is 5.10 Å². The van der Waals surface area contributed by atoms with Crippen molar-refractivity contribution in [3.8, 4) is 5.75 Å². The molecule has 2 aromatic rings. The minimum Gasteiger partial charge on any atom is -0.497 e. The van der Waals surface area contributed by atoms with Gasteiger partial charge in [0.25, 0.3) is 5.91 Å². The summed E-state index contributed by atoms with van der Waals surface area (Å²) in [5.74, 6) is 1.20. The Morgan fingerprint density at radius 3 is 3.05 bits per heavy atom. The van der Waals surface area contributed by atoms with E-state index in [0.717, 1.165) is 18.7 Å². The average molecular weight is 275 g/mol. The summed E-state index contributed by atoms with van der Waals surface area (Å²) >= 11 is 0. The highest BCUT2D eigenvalue weighted by atomic mass is 16.5. The van der Waals surface area contributed by atoms with Gasteiger partial charge in [-0.1, -0.05) is 0 Å². The van der Waals surface area contributed by atoms with Crippen LogP contribution >= 0.6 is 0 Å². The molecular formula is C13H17N5O2. The van der Waals surface area contributed by atoms with Gasteiger partial charge >= 0.3 is 0 Å². The number of rotatable bonds is 6. The van der Waals surface area contributed by atoms with Gasteiger partial charge in [-0.15, -0.1) is 0 Å². The SMILES string of the molecule is COc1ccc(N)c(C(=O)NCCCc2ncn[nH]2)c1. The number of H-pyrrole nitrogens is 1. The van der Waals surface area contributed by atoms with Crippen LogP contribution in [0, 0.1) is 0 Å². The van der Waals surface area contributed by atoms with Gasteiger partial charge in [0.05, 0.1) is 12.7 Å². The second-order valence-corrected chi connectivity index (χ2v) is 4.24. The zero-order valence-corrected chi connectivity index (χ0v) is 11.2. The number of hydrogen-bond acceptors (Lipinski definition) is 5. The van der Waals surface area contributed by atoms with Crippen LogP contribution in [0.3, 0.4) is 0 Å². The summed E-state index contributed by atoms with van der Waals surface area (Å²) in [4.78, 5) is 16.0. The monoisotopic (exact) mass is 275 g/mol. The van der Waals surface area contributed by atoms with E-state index < -0.39 is 0 Å². The van der Waals surface area contributed by atoms with Crippen molar-refractivity contribution in [1.82, 2.24) is 20.5 Å². The first-order chi connectivity index (χ1) is 9.70. The topological polar surface area (TPSA) is 106 Å². The van der Waals surface area contributed by atoms with E-state index in [1.54, 1.807) is 25.3 Å². The Morgan fingerprint density at radius 1 is 1.50 bits per heavy atom. The Hall–Kier alpha value is -2.57. The third-order valence-corrected chi connectivity index (χ3v) is 2.85. The number of anilines is 1. The highest BCUT2D eigenvalue weighted by Crippen LogP contribution is 2.19. The predicted octanol–water partition coefficient (Wildman–Crippen LogP) is 0.758. The molecule has 0 saturated carbocycles. The van der Waals surface area contributed by atoms with E-state index in [0.29, 0.717) is 23.5 Å². The van der Waals surface area contributed by atoms with Gasteiger partial charge in [-0.3, -0.25) is 9.89 Å². The van der Waals surface area contributed by atoms with Crippen LogP contribution in [0.15, 0.2) is 24.5 Å². The van der Waals surface area contributed by atoms with E-state index in [1.807, 2.05) is 0 Å². The van der Waals surface area contributed by atoms with Gasteiger partial charge in [-0.25, -0.2) is 4.98 Å². The molecule has 1 amide bonds. The largest absolute Gasteiger partial charge is 0.497 e. The minimum atomic E-state index is -0.209. The van der Waals surface area contributed by atoms with Crippen molar-refractivity contribution in [2.75, 3.05) is 19.4 Å². The molecular weight excluding hydrogens is 258 g/mol. The number of hydrogen-bond donors (Lipinski definition) is 3. The van der Waals surface area contributed by atoms with Crippen molar-refractivity contribution in [3.63, 3.8) is 0 Å². The molecule has 20 heavy (non-hydrogen) atoms. The molecule has 1 aromatic heterocycles. The molecule has 0 atom stereocenters. The van der Waals surface area contributed by atoms with E-state index in [2.05, 4.69) is 20.5 Å². The molecule has 0 radical (unpaired) electrons. The molecule has 0 saturated heterocycles. The number of nitrogens with one attached hydrogen (secondary N) is 2. The molecule has 0 fully saturated rings. The van der Waals surface area contributed by atoms with Crippen LogP contribution in [0.25, 0.3) is 0 Å². The molecule has 2 rings (SSSR count). The van der Waals surface area contributed by atoms with Gasteiger partial charge in [0.15, 0.2) is 0 Å². The van der Waals surface area contributed by atoms with Gasteiger partial charge < -0.3 is 15.8 Å². The molecule has 0 spiro atoms. The minimum absolute atomic E-state index is 0.209. The van der Waals surface area contributed by atoms with Gasteiger partial charge in [0.2, 0.25) is 0 Å². The Bertz CT molecular complexity index is 568. The highest BCUT2D eigenvalue weighted by Gasteiger charge is 2.10. The van der Waals surface area contributed by atoms with Crippen molar-refractivity contribution in [3.05, 3.63) is 35.9 Å². The van der Waals surface area contributed by atoms with Crippen LogP contribution in [0.2, 0.25) is 0 Å². The lowest BCUT2D eigenvalue weighted by molar-refractivity contribution is 0.0953. The van der Waals surface area contributed by atoms with Crippen molar-refractivity contribution < 1.29 is 9.53 Å². The van der Waals surface area contributed by atoms with Gasteiger partial charge in [-0.05, 0) is 24.6 Å². The fourth-order valence-electron chi connectivity index (χ4n) is 1.76. The fraction of sp³-hybridized carbons (Fsp3) is 0.308. The number of aryl methyl sites for hydroxylation is 1. The first-order valence-corrected chi connectivity index (χ1v) is 6.26. The van der Waals surface area contributed by atoms with E-state index in [9.17, 15) is 4.79 Å². The second-order valence-electron chi connectivity index (χ2n) is 4.24. The number of aromatic nitrogens is 3. The molecule has 0 aliphatic rings. The number of nitrogens with two attached hydrogens (primary N) is 1. The van der Waals surface area contributed by atoms with Crippen molar-refractivity contribution in [2.24, 2.45) is 0 Å². The molecule has 0 unspecified atom stereocenters. The third-order valence-electron chi connectivity index (χ3n) is 2.85. The quantitative estimate of drug-likeness (QED) is 0.533. The van der Waals surface area contributed by atoms with Crippen molar-refractivity contribution in [2.45, 2.75) is 12.8 Å². The molecule has 0 bridgehead atoms. The van der Waals surface area contributed by atoms with Crippen LogP contribution in [0.1, 0.15) is 22.6 Å². The molecule has 1 heterocycles. The van der Waals surface area contributed by atoms with Gasteiger partial charge in [0.1, 0.15) is 17.9 Å². The molecule has 1 aromatic carbocycles. The Labute approximate surface area is 116 Å². The zero-order valence-electron chi connectivity index (χ0n) is 11.2. The molecule has 4 N–H and O–H groups in total. The van der Waals surface area contributed by atoms with Crippen molar-refractivity contribution in [1.29, 1.82) is 0 Å². The van der Waals surface area contributed by atoms with Gasteiger partial charge in [0, 0.05) is 18.7 Å². The molecule has 7 heteroatoms. The molecule has 7 nitrogen and oxygen atoms in total. The molecule has 0 aliphatic heterocycles. The number of ether oxygens (including phenoxy) is 1. The Kier molecular flexibility index (Phi) is 4.54. The molecule has 106 valence electrons. The zero-order chi connectivity index (χ0) is 14.4. The van der Waals surface area contributed by atoms with E-state index >= 15 is 0 Å². The number of amides is 1. The maximum atomic E-state index is 12.0. The summed E-state index contributed by atoms with van der Waals surface area (Å²) in [7, 11) is 1.55. The van der Waals surface area contributed by atoms with Crippen LogP contribution in [0.4, 0.5) is 5.69 Å². The lowest BCUT2D eigenvalue weighted by Gasteiger charge is -2.08. The lowest BCUT2D eigenvalue weighted by Crippen LogP contribution is -2.25. The number of aromatic amines is 1. The summed E-state index contributed by atoms with van der Waals surface area (Å²) in [6, 6.07) is 5.00. The second kappa shape index (κ2) is 6.55. The number of carbonyl (C=O) groups is 1. The maximum absolute atomic E-state index is 12.0. The standard InChI is InChI=1S/C13H17N5O2/c1-20-9-4-5-11(14)10(7-9)13(19)15-6-2-3-12-16-8-17-18-12/h4-5,7-8H,2-3,6,14H2,1H3,(H,15,19)(H,16,17,18). The van der Waals surface area contributed by atoms with Crippen LogP contribution in [-0.2, 0) is 6.42 Å². The summed E-state index contributed by atoms with van der Waals surface area (Å²) in [5.41, 5.74) is 6.64. The van der Waals surface area contributed by atoms with Crippen LogP contribution in [-0.4, -0.2) is 34.7 Å². The van der Waals surface area contributed by atoms with E-state index in [-0.39, 0.29) is 5.91 Å². The summed E-state index contributed by atoms with van der Waals surface area (Å²) in [5, 5.41) is 9.35. The number of benzene rings is 1. The first kappa shape index (κ1) is 13.9. The summed E-state index contributed by atoms with van der Waals surface area (Å²) in [6.45, 7) is 0.538. The maximum Gasteiger partial charge on any atom is 0.253 e. The predicted molar refractivity (Wildman–Crippen MR) is 74.4 cm³/mol. The van der Waals surface area contributed by atoms with E-state index in [4.69, 9.17) is 10.5 Å². The number of methoxy groups -OCH3 is 1. The van der Waals surface area contributed by atoms with Crippen LogP contribution < -0.4 is 15.8 Å². The Morgan fingerprint density at radius 2 is 2.35 bits per heavy atom. The van der Waals surface area contributed by atoms with Crippen molar-refractivity contribution >= 4 is 11.6 Å². The highest BCUT2D eigenvalue weighted by molar-refractivity contribution is 5.99. The number of carbonyl (C=O) groups excluding carboxylic acids is 1.